The van der Waals surface area contributed by atoms with E-state index >= 15 is 0 Å². The van der Waals surface area contributed by atoms with E-state index in [1.807, 2.05) is 0 Å². The summed E-state index contributed by atoms with van der Waals surface area (Å²) in [7, 11) is 0. The van der Waals surface area contributed by atoms with Gasteiger partial charge in [-0.2, -0.15) is 0 Å². The molecular weight excluding hydrogens is 375 g/mol. The molecule has 3 aromatic carbocycles. The molecular formula is C26H29FN2O. The summed E-state index contributed by atoms with van der Waals surface area (Å²) in [4.78, 5) is 0. The van der Waals surface area contributed by atoms with Crippen molar-refractivity contribution >= 4 is 0 Å². The van der Waals surface area contributed by atoms with Crippen LogP contribution in [0.1, 0.15) is 41.6 Å². The van der Waals surface area contributed by atoms with E-state index < -0.39 is 6.10 Å². The highest BCUT2D eigenvalue weighted by Gasteiger charge is 2.29. The summed E-state index contributed by atoms with van der Waals surface area (Å²) < 4.78 is 13.1. The van der Waals surface area contributed by atoms with Crippen molar-refractivity contribution in [1.82, 2.24) is 10.6 Å². The minimum Gasteiger partial charge on any atom is -0.387 e. The van der Waals surface area contributed by atoms with Crippen LogP contribution >= 0.6 is 0 Å². The zero-order chi connectivity index (χ0) is 20.8. The van der Waals surface area contributed by atoms with Gasteiger partial charge in [-0.1, -0.05) is 72.8 Å². The Kier molecular flexibility index (Phi) is 6.90. The average molecular weight is 405 g/mol. The van der Waals surface area contributed by atoms with Gasteiger partial charge in [0.15, 0.2) is 0 Å². The smallest absolute Gasteiger partial charge is 0.123 e. The molecule has 0 radical (unpaired) electrons. The first-order chi connectivity index (χ1) is 14.7. The molecule has 0 aliphatic carbocycles. The van der Waals surface area contributed by atoms with Crippen molar-refractivity contribution in [3.63, 3.8) is 0 Å². The Hall–Kier alpha value is -2.53. The molecule has 1 aliphatic heterocycles. The molecule has 1 aliphatic rings. The minimum atomic E-state index is -0.635. The van der Waals surface area contributed by atoms with Gasteiger partial charge in [-0.15, -0.1) is 0 Å². The first kappa shape index (κ1) is 20.7. The van der Waals surface area contributed by atoms with Crippen LogP contribution in [0, 0.1) is 5.82 Å². The Bertz CT molecular complexity index is 854. The van der Waals surface area contributed by atoms with Gasteiger partial charge in [-0.05, 0) is 41.7 Å². The predicted molar refractivity (Wildman–Crippen MR) is 119 cm³/mol. The molecule has 1 saturated heterocycles. The van der Waals surface area contributed by atoms with Gasteiger partial charge < -0.3 is 15.7 Å². The highest BCUT2D eigenvalue weighted by molar-refractivity contribution is 5.34. The first-order valence-electron chi connectivity index (χ1n) is 10.7. The second-order valence-electron chi connectivity index (χ2n) is 8.06. The number of aliphatic hydroxyl groups excluding tert-OH is 1. The lowest BCUT2D eigenvalue weighted by Crippen LogP contribution is -2.50. The predicted octanol–water partition coefficient (Wildman–Crippen LogP) is 4.40. The highest BCUT2D eigenvalue weighted by atomic mass is 19.1. The molecule has 0 saturated carbocycles. The summed E-state index contributed by atoms with van der Waals surface area (Å²) in [6, 6.07) is 28.1. The Balaban J connectivity index is 1.36. The molecule has 1 fully saturated rings. The molecule has 3 N–H and O–H groups in total. The van der Waals surface area contributed by atoms with Crippen LogP contribution in [0.2, 0.25) is 0 Å². The maximum absolute atomic E-state index is 13.1. The van der Waals surface area contributed by atoms with E-state index in [9.17, 15) is 9.50 Å². The molecule has 1 heterocycles. The minimum absolute atomic E-state index is 0.284. The maximum atomic E-state index is 13.1. The maximum Gasteiger partial charge on any atom is 0.123 e. The molecule has 0 aromatic heterocycles. The van der Waals surface area contributed by atoms with Gasteiger partial charge >= 0.3 is 0 Å². The average Bonchev–Trinajstić information content (AvgIpc) is 2.80. The summed E-state index contributed by atoms with van der Waals surface area (Å²) in [6.07, 6.45) is 1.47. The third-order valence-electron chi connectivity index (χ3n) is 6.03. The fourth-order valence-electron chi connectivity index (χ4n) is 4.40. The van der Waals surface area contributed by atoms with Gasteiger partial charge in [0, 0.05) is 31.1 Å². The molecule has 0 unspecified atom stereocenters. The number of halogens is 1. The zero-order valence-corrected chi connectivity index (χ0v) is 17.0. The number of aliphatic hydroxyl groups is 1. The fraction of sp³-hybridized carbons (Fsp3) is 0.308. The highest BCUT2D eigenvalue weighted by Crippen LogP contribution is 2.31. The second-order valence-corrected chi connectivity index (χ2v) is 8.06. The van der Waals surface area contributed by atoms with E-state index in [0.717, 1.165) is 24.9 Å². The van der Waals surface area contributed by atoms with Crippen LogP contribution < -0.4 is 10.6 Å². The van der Waals surface area contributed by atoms with Crippen molar-refractivity contribution < 1.29 is 9.50 Å². The Morgan fingerprint density at radius 3 is 1.97 bits per heavy atom. The number of rotatable bonds is 7. The lowest BCUT2D eigenvalue weighted by molar-refractivity contribution is 0.164. The van der Waals surface area contributed by atoms with Gasteiger partial charge in [0.2, 0.25) is 0 Å². The Morgan fingerprint density at radius 1 is 0.833 bits per heavy atom. The van der Waals surface area contributed by atoms with E-state index in [-0.39, 0.29) is 5.82 Å². The van der Waals surface area contributed by atoms with E-state index in [0.29, 0.717) is 24.5 Å². The molecule has 3 nitrogen and oxygen atoms in total. The lowest BCUT2D eigenvalue weighted by Gasteiger charge is -2.36. The van der Waals surface area contributed by atoms with E-state index in [1.54, 1.807) is 12.1 Å². The van der Waals surface area contributed by atoms with E-state index in [2.05, 4.69) is 71.3 Å². The lowest BCUT2D eigenvalue weighted by atomic mass is 9.81. The number of nitrogens with one attached hydrogen (secondary N) is 2. The van der Waals surface area contributed by atoms with Crippen LogP contribution in [-0.2, 0) is 0 Å². The fourth-order valence-corrected chi connectivity index (χ4v) is 4.40. The standard InChI is InChI=1S/C26H29FN2O/c27-22-13-11-19(12-14-22)25(30)18-28-23-15-16-24(29-17-23)26(20-7-3-1-4-8-20)21-9-5-2-6-10-21/h1-14,23-26,28-30H,15-18H2/t23-,24-,25-/m0/s1. The molecule has 30 heavy (non-hydrogen) atoms. The molecule has 0 amide bonds. The van der Waals surface area contributed by atoms with E-state index in [4.69, 9.17) is 0 Å². The van der Waals surface area contributed by atoms with Crippen LogP contribution in [0.4, 0.5) is 4.39 Å². The quantitative estimate of drug-likeness (QED) is 0.547. The largest absolute Gasteiger partial charge is 0.387 e. The van der Waals surface area contributed by atoms with Crippen LogP contribution in [0.25, 0.3) is 0 Å². The van der Waals surface area contributed by atoms with Crippen molar-refractivity contribution in [3.05, 3.63) is 107 Å². The second kappa shape index (κ2) is 9.98. The summed E-state index contributed by atoms with van der Waals surface area (Å²) in [5, 5.41) is 17.6. The molecule has 3 aromatic rings. The number of hydrogen-bond acceptors (Lipinski definition) is 3. The van der Waals surface area contributed by atoms with Crippen LogP contribution in [-0.4, -0.2) is 30.3 Å². The number of hydrogen-bond donors (Lipinski definition) is 3. The van der Waals surface area contributed by atoms with Crippen LogP contribution in [0.5, 0.6) is 0 Å². The van der Waals surface area contributed by atoms with Crippen LogP contribution in [0.15, 0.2) is 84.9 Å². The summed E-state index contributed by atoms with van der Waals surface area (Å²) in [5.74, 6) is 0.0333. The Labute approximate surface area is 178 Å². The third kappa shape index (κ3) is 5.14. The van der Waals surface area contributed by atoms with Gasteiger partial charge in [0.1, 0.15) is 5.82 Å². The molecule has 4 rings (SSSR count). The molecule has 0 spiro atoms. The van der Waals surface area contributed by atoms with Crippen LogP contribution in [0.3, 0.4) is 0 Å². The number of piperidine rings is 1. The Morgan fingerprint density at radius 2 is 1.43 bits per heavy atom. The zero-order valence-electron chi connectivity index (χ0n) is 17.0. The van der Waals surface area contributed by atoms with Crippen molar-refractivity contribution in [2.45, 2.75) is 36.9 Å². The molecule has 3 atom stereocenters. The molecule has 0 bridgehead atoms. The van der Waals surface area contributed by atoms with Crippen molar-refractivity contribution in [2.24, 2.45) is 0 Å². The first-order valence-corrected chi connectivity index (χ1v) is 10.7. The molecule has 156 valence electrons. The SMILES string of the molecule is O[C@@H](CN[C@H]1CC[C@@H](C(c2ccccc2)c2ccccc2)NC1)c1ccc(F)cc1. The van der Waals surface area contributed by atoms with Crippen molar-refractivity contribution in [3.8, 4) is 0 Å². The normalized spacial score (nSPS) is 20.2. The molecule has 4 heteroatoms. The van der Waals surface area contributed by atoms with E-state index in [1.165, 1.54) is 23.3 Å². The number of benzene rings is 3. The third-order valence-corrected chi connectivity index (χ3v) is 6.03. The van der Waals surface area contributed by atoms with Gasteiger partial charge in [-0.25, -0.2) is 4.39 Å². The van der Waals surface area contributed by atoms with Crippen molar-refractivity contribution in [2.75, 3.05) is 13.1 Å². The van der Waals surface area contributed by atoms with Gasteiger partial charge in [-0.3, -0.25) is 0 Å². The summed E-state index contributed by atoms with van der Waals surface area (Å²) >= 11 is 0. The summed E-state index contributed by atoms with van der Waals surface area (Å²) in [5.41, 5.74) is 3.40. The summed E-state index contributed by atoms with van der Waals surface area (Å²) in [6.45, 7) is 1.32. The van der Waals surface area contributed by atoms with Gasteiger partial charge in [0.25, 0.3) is 0 Å². The monoisotopic (exact) mass is 404 g/mol. The van der Waals surface area contributed by atoms with Crippen molar-refractivity contribution in [1.29, 1.82) is 0 Å². The topological polar surface area (TPSA) is 44.3 Å². The van der Waals surface area contributed by atoms with Gasteiger partial charge in [0.05, 0.1) is 6.10 Å².